The van der Waals surface area contributed by atoms with Crippen molar-refractivity contribution < 1.29 is 14.6 Å². The van der Waals surface area contributed by atoms with Crippen LogP contribution >= 0.6 is 0 Å². The lowest BCUT2D eigenvalue weighted by atomic mass is 10.0. The summed E-state index contributed by atoms with van der Waals surface area (Å²) in [6, 6.07) is 15.1. The van der Waals surface area contributed by atoms with Crippen LogP contribution in [0.25, 0.3) is 22.0 Å². The fraction of sp³-hybridized carbons (Fsp3) is 0.200. The van der Waals surface area contributed by atoms with Crippen LogP contribution in [0.4, 0.5) is 10.5 Å². The standard InChI is InChI=1S/C20H18N2O4/c1-12-4-2-3-5-16(12)18-8-13-6-7-14(9-17(13)19(24)21-18)22-10-15(11-23)26-20(22)25/h2-9,15,23H,10-11H2,1H3,(H,21,24)/t15-/m1/s1. The first-order chi connectivity index (χ1) is 12.6. The molecule has 2 N–H and O–H groups in total. The minimum absolute atomic E-state index is 0.214. The molecule has 0 bridgehead atoms. The lowest BCUT2D eigenvalue weighted by molar-refractivity contribution is 0.0963. The number of nitrogens with zero attached hydrogens (tertiary/aromatic N) is 1. The van der Waals surface area contributed by atoms with Gasteiger partial charge in [0.2, 0.25) is 0 Å². The zero-order chi connectivity index (χ0) is 18.3. The molecule has 26 heavy (non-hydrogen) atoms. The van der Waals surface area contributed by atoms with E-state index in [0.29, 0.717) is 11.1 Å². The summed E-state index contributed by atoms with van der Waals surface area (Å²) < 4.78 is 5.06. The van der Waals surface area contributed by atoms with Gasteiger partial charge in [0.1, 0.15) is 6.10 Å². The Hall–Kier alpha value is -3.12. The van der Waals surface area contributed by atoms with Crippen LogP contribution in [0.3, 0.4) is 0 Å². The van der Waals surface area contributed by atoms with E-state index >= 15 is 0 Å². The Balaban J connectivity index is 1.78. The number of cyclic esters (lactones) is 1. The van der Waals surface area contributed by atoms with Gasteiger partial charge in [0, 0.05) is 22.3 Å². The first kappa shape index (κ1) is 16.4. The van der Waals surface area contributed by atoms with Crippen LogP contribution in [0.1, 0.15) is 5.56 Å². The first-order valence-corrected chi connectivity index (χ1v) is 8.39. The van der Waals surface area contributed by atoms with Crippen molar-refractivity contribution >= 4 is 22.6 Å². The number of fused-ring (bicyclic) bond motifs is 1. The van der Waals surface area contributed by atoms with E-state index in [1.807, 2.05) is 43.3 Å². The molecule has 0 saturated carbocycles. The average Bonchev–Trinajstić information content (AvgIpc) is 3.03. The number of carbonyl (C=O) groups excluding carboxylic acids is 1. The van der Waals surface area contributed by atoms with Gasteiger partial charge in [-0.2, -0.15) is 0 Å². The van der Waals surface area contributed by atoms with Crippen molar-refractivity contribution in [1.82, 2.24) is 4.98 Å². The van der Waals surface area contributed by atoms with Crippen LogP contribution in [-0.2, 0) is 4.74 Å². The minimum Gasteiger partial charge on any atom is -0.441 e. The number of hydrogen-bond donors (Lipinski definition) is 2. The van der Waals surface area contributed by atoms with E-state index in [1.54, 1.807) is 12.1 Å². The molecular weight excluding hydrogens is 332 g/mol. The van der Waals surface area contributed by atoms with Crippen molar-refractivity contribution in [2.24, 2.45) is 0 Å². The lowest BCUT2D eigenvalue weighted by Crippen LogP contribution is -2.25. The molecule has 3 aromatic rings. The number of aliphatic hydroxyl groups excluding tert-OH is 1. The molecule has 1 amide bonds. The summed E-state index contributed by atoms with van der Waals surface area (Å²) in [5, 5.41) is 10.5. The second kappa shape index (κ2) is 6.31. The molecule has 0 radical (unpaired) electrons. The smallest absolute Gasteiger partial charge is 0.414 e. The Labute approximate surface area is 149 Å². The number of aromatic amines is 1. The molecule has 6 heteroatoms. The van der Waals surface area contributed by atoms with Gasteiger partial charge < -0.3 is 14.8 Å². The summed E-state index contributed by atoms with van der Waals surface area (Å²) in [5.74, 6) is 0. The van der Waals surface area contributed by atoms with Gasteiger partial charge in [-0.05, 0) is 36.1 Å². The normalized spacial score (nSPS) is 16.9. The van der Waals surface area contributed by atoms with Crippen LogP contribution < -0.4 is 10.5 Å². The minimum atomic E-state index is -0.542. The molecule has 4 rings (SSSR count). The predicted molar refractivity (Wildman–Crippen MR) is 99.4 cm³/mol. The Bertz CT molecular complexity index is 1060. The van der Waals surface area contributed by atoms with E-state index in [-0.39, 0.29) is 18.7 Å². The summed E-state index contributed by atoms with van der Waals surface area (Å²) >= 11 is 0. The van der Waals surface area contributed by atoms with Crippen molar-refractivity contribution in [2.75, 3.05) is 18.1 Å². The maximum absolute atomic E-state index is 12.6. The summed E-state index contributed by atoms with van der Waals surface area (Å²) in [5.41, 5.74) is 3.18. The number of rotatable bonds is 3. The van der Waals surface area contributed by atoms with Gasteiger partial charge in [0.05, 0.1) is 13.2 Å². The highest BCUT2D eigenvalue weighted by molar-refractivity contribution is 5.94. The second-order valence-electron chi connectivity index (χ2n) is 6.40. The van der Waals surface area contributed by atoms with Crippen molar-refractivity contribution in [3.63, 3.8) is 0 Å². The van der Waals surface area contributed by atoms with Crippen LogP contribution in [0.15, 0.2) is 53.3 Å². The van der Waals surface area contributed by atoms with E-state index in [0.717, 1.165) is 22.2 Å². The highest BCUT2D eigenvalue weighted by Crippen LogP contribution is 2.27. The molecule has 1 aliphatic rings. The van der Waals surface area contributed by atoms with E-state index in [4.69, 9.17) is 9.84 Å². The summed E-state index contributed by atoms with van der Waals surface area (Å²) in [6.07, 6.45) is -1.06. The average molecular weight is 350 g/mol. The fourth-order valence-electron chi connectivity index (χ4n) is 3.26. The maximum atomic E-state index is 12.6. The molecule has 0 aliphatic carbocycles. The Morgan fingerprint density at radius 3 is 2.73 bits per heavy atom. The SMILES string of the molecule is Cc1ccccc1-c1cc2ccc(N3C[C@H](CO)OC3=O)cc2c(=O)[nH]1. The molecule has 1 aromatic heterocycles. The fourth-order valence-corrected chi connectivity index (χ4v) is 3.26. The summed E-state index contributed by atoms with van der Waals surface area (Å²) in [7, 11) is 0. The number of anilines is 1. The van der Waals surface area contributed by atoms with Crippen LogP contribution in [0.5, 0.6) is 0 Å². The number of amides is 1. The monoisotopic (exact) mass is 350 g/mol. The van der Waals surface area contributed by atoms with E-state index in [1.165, 1.54) is 4.90 Å². The molecule has 132 valence electrons. The van der Waals surface area contributed by atoms with Gasteiger partial charge in [0.25, 0.3) is 5.56 Å². The van der Waals surface area contributed by atoms with E-state index in [2.05, 4.69) is 4.98 Å². The largest absolute Gasteiger partial charge is 0.441 e. The molecule has 2 heterocycles. The van der Waals surface area contributed by atoms with Crippen molar-refractivity contribution in [1.29, 1.82) is 0 Å². The van der Waals surface area contributed by atoms with E-state index in [9.17, 15) is 9.59 Å². The number of ether oxygens (including phenoxy) is 1. The molecule has 1 fully saturated rings. The summed E-state index contributed by atoms with van der Waals surface area (Å²) in [4.78, 5) is 28.9. The molecule has 1 saturated heterocycles. The number of benzene rings is 2. The van der Waals surface area contributed by atoms with Gasteiger partial charge in [-0.15, -0.1) is 0 Å². The van der Waals surface area contributed by atoms with Crippen LogP contribution in [0, 0.1) is 6.92 Å². The third kappa shape index (κ3) is 2.74. The zero-order valence-corrected chi connectivity index (χ0v) is 14.2. The third-order valence-electron chi connectivity index (χ3n) is 4.65. The van der Waals surface area contributed by atoms with E-state index < -0.39 is 12.2 Å². The van der Waals surface area contributed by atoms with Gasteiger partial charge in [0.15, 0.2) is 0 Å². The topological polar surface area (TPSA) is 82.6 Å². The number of aryl methyl sites for hydroxylation is 1. The van der Waals surface area contributed by atoms with Crippen LogP contribution in [-0.4, -0.2) is 35.4 Å². The van der Waals surface area contributed by atoms with Gasteiger partial charge in [-0.3, -0.25) is 9.69 Å². The van der Waals surface area contributed by atoms with Crippen molar-refractivity contribution in [3.8, 4) is 11.3 Å². The van der Waals surface area contributed by atoms with Gasteiger partial charge in [-0.1, -0.05) is 30.3 Å². The molecule has 0 spiro atoms. The number of aromatic nitrogens is 1. The van der Waals surface area contributed by atoms with Gasteiger partial charge in [-0.25, -0.2) is 4.79 Å². The molecular formula is C20H18N2O4. The quantitative estimate of drug-likeness (QED) is 0.761. The van der Waals surface area contributed by atoms with Crippen LogP contribution in [0.2, 0.25) is 0 Å². The van der Waals surface area contributed by atoms with Crippen molar-refractivity contribution in [3.05, 3.63) is 64.4 Å². The molecule has 0 unspecified atom stereocenters. The number of hydrogen-bond acceptors (Lipinski definition) is 4. The molecule has 1 aliphatic heterocycles. The Morgan fingerprint density at radius 2 is 2.00 bits per heavy atom. The van der Waals surface area contributed by atoms with Gasteiger partial charge >= 0.3 is 6.09 Å². The first-order valence-electron chi connectivity index (χ1n) is 8.39. The predicted octanol–water partition coefficient (Wildman–Crippen LogP) is 2.82. The lowest BCUT2D eigenvalue weighted by Gasteiger charge is -2.14. The molecule has 1 atom stereocenters. The molecule has 2 aromatic carbocycles. The molecule has 6 nitrogen and oxygen atoms in total. The zero-order valence-electron chi connectivity index (χ0n) is 14.2. The Morgan fingerprint density at radius 1 is 1.19 bits per heavy atom. The number of aliphatic hydroxyl groups is 1. The number of pyridine rings is 1. The summed E-state index contributed by atoms with van der Waals surface area (Å²) in [6.45, 7) is 2.04. The highest BCUT2D eigenvalue weighted by atomic mass is 16.6. The van der Waals surface area contributed by atoms with Crippen molar-refractivity contribution in [2.45, 2.75) is 13.0 Å². The number of carbonyl (C=O) groups is 1. The third-order valence-corrected chi connectivity index (χ3v) is 4.65. The number of H-pyrrole nitrogens is 1. The number of nitrogens with one attached hydrogen (secondary N) is 1. The Kier molecular flexibility index (Phi) is 3.97. The second-order valence-corrected chi connectivity index (χ2v) is 6.40. The highest BCUT2D eigenvalue weighted by Gasteiger charge is 2.31. The maximum Gasteiger partial charge on any atom is 0.414 e.